The van der Waals surface area contributed by atoms with Crippen molar-refractivity contribution >= 4 is 23.4 Å². The summed E-state index contributed by atoms with van der Waals surface area (Å²) in [6.45, 7) is 2.61. The first kappa shape index (κ1) is 27.8. The zero-order valence-electron chi connectivity index (χ0n) is 20.9. The minimum absolute atomic E-state index is 0.0465. The number of amides is 3. The van der Waals surface area contributed by atoms with E-state index in [2.05, 4.69) is 15.7 Å². The SMILES string of the molecule is C[C@H](N)C(=O)NCc1cccc(-n2nc(C(F)(F)F)cc2C(=O)Nc2ccc(C(=O)N3CCCC3)c(F)c2)c1. The van der Waals surface area contributed by atoms with Gasteiger partial charge in [-0.25, -0.2) is 9.07 Å². The Morgan fingerprint density at radius 3 is 2.44 bits per heavy atom. The Balaban J connectivity index is 1.60. The molecule has 4 N–H and O–H groups in total. The van der Waals surface area contributed by atoms with Gasteiger partial charge in [0.1, 0.15) is 11.5 Å². The van der Waals surface area contributed by atoms with Crippen LogP contribution in [0.3, 0.4) is 0 Å². The molecule has 1 aliphatic heterocycles. The second kappa shape index (κ2) is 11.2. The van der Waals surface area contributed by atoms with Crippen LogP contribution in [0.15, 0.2) is 48.5 Å². The zero-order valence-corrected chi connectivity index (χ0v) is 20.9. The van der Waals surface area contributed by atoms with Crippen LogP contribution in [0.5, 0.6) is 0 Å². The van der Waals surface area contributed by atoms with Crippen LogP contribution in [0.1, 0.15) is 51.9 Å². The summed E-state index contributed by atoms with van der Waals surface area (Å²) in [7, 11) is 0. The van der Waals surface area contributed by atoms with Gasteiger partial charge in [-0.05, 0) is 55.7 Å². The van der Waals surface area contributed by atoms with Gasteiger partial charge in [0.05, 0.1) is 17.3 Å². The van der Waals surface area contributed by atoms with E-state index in [1.807, 2.05) is 0 Å². The number of nitrogens with one attached hydrogen (secondary N) is 2. The number of carbonyl (C=O) groups excluding carboxylic acids is 3. The lowest BCUT2D eigenvalue weighted by Gasteiger charge is -2.16. The number of anilines is 1. The summed E-state index contributed by atoms with van der Waals surface area (Å²) in [5.74, 6) is -2.73. The molecule has 0 radical (unpaired) electrons. The summed E-state index contributed by atoms with van der Waals surface area (Å²) in [6, 6.07) is 9.37. The Kier molecular flexibility index (Phi) is 8.00. The molecule has 0 saturated carbocycles. The maximum absolute atomic E-state index is 14.7. The van der Waals surface area contributed by atoms with Crippen molar-refractivity contribution in [3.63, 3.8) is 0 Å². The highest BCUT2D eigenvalue weighted by atomic mass is 19.4. The average molecular weight is 547 g/mol. The monoisotopic (exact) mass is 546 g/mol. The molecule has 1 aromatic heterocycles. The maximum Gasteiger partial charge on any atom is 0.435 e. The number of likely N-dealkylation sites (tertiary alicyclic amines) is 1. The van der Waals surface area contributed by atoms with Crippen LogP contribution in [0.4, 0.5) is 23.2 Å². The van der Waals surface area contributed by atoms with E-state index >= 15 is 0 Å². The predicted molar refractivity (Wildman–Crippen MR) is 134 cm³/mol. The third-order valence-electron chi connectivity index (χ3n) is 6.12. The van der Waals surface area contributed by atoms with Crippen molar-refractivity contribution in [2.45, 2.75) is 38.5 Å². The number of carbonyl (C=O) groups is 3. The van der Waals surface area contributed by atoms with Crippen LogP contribution < -0.4 is 16.4 Å². The molecule has 0 unspecified atom stereocenters. The molecule has 2 heterocycles. The van der Waals surface area contributed by atoms with Crippen LogP contribution in [0.2, 0.25) is 0 Å². The van der Waals surface area contributed by atoms with E-state index < -0.39 is 47.1 Å². The largest absolute Gasteiger partial charge is 0.435 e. The van der Waals surface area contributed by atoms with Crippen LogP contribution in [0, 0.1) is 5.82 Å². The number of alkyl halides is 3. The lowest BCUT2D eigenvalue weighted by molar-refractivity contribution is -0.141. The lowest BCUT2D eigenvalue weighted by Crippen LogP contribution is -2.37. The van der Waals surface area contributed by atoms with Crippen LogP contribution >= 0.6 is 0 Å². The summed E-state index contributed by atoms with van der Waals surface area (Å²) < 4.78 is 56.0. The van der Waals surface area contributed by atoms with E-state index in [1.54, 1.807) is 6.07 Å². The molecule has 1 fully saturated rings. The van der Waals surface area contributed by atoms with E-state index in [0.717, 1.165) is 23.6 Å². The maximum atomic E-state index is 14.7. The molecule has 9 nitrogen and oxygen atoms in total. The van der Waals surface area contributed by atoms with Crippen LogP contribution in [-0.4, -0.2) is 51.5 Å². The fourth-order valence-electron chi connectivity index (χ4n) is 4.08. The number of nitrogens with two attached hydrogens (primary N) is 1. The number of halogens is 4. The van der Waals surface area contributed by atoms with Gasteiger partial charge in [0.15, 0.2) is 5.69 Å². The standard InChI is InChI=1S/C26H26F4N6O3/c1-15(31)23(37)32-14-16-5-4-6-18(11-16)36-21(13-22(34-36)26(28,29)30)24(38)33-17-7-8-19(20(27)12-17)25(39)35-9-2-3-10-35/h4-8,11-13,15H,2-3,9-10,14,31H2,1H3,(H,32,37)(H,33,38)/t15-/m0/s1. The third kappa shape index (κ3) is 6.42. The second-order valence-corrected chi connectivity index (χ2v) is 9.15. The fourth-order valence-corrected chi connectivity index (χ4v) is 4.08. The van der Waals surface area contributed by atoms with E-state index in [1.165, 1.54) is 42.2 Å². The van der Waals surface area contributed by atoms with Crippen molar-refractivity contribution in [2.24, 2.45) is 5.73 Å². The number of rotatable bonds is 7. The van der Waals surface area contributed by atoms with Gasteiger partial charge in [-0.3, -0.25) is 14.4 Å². The molecule has 0 aliphatic carbocycles. The number of aromatic nitrogens is 2. The highest BCUT2D eigenvalue weighted by Gasteiger charge is 2.36. The van der Waals surface area contributed by atoms with Crippen molar-refractivity contribution in [1.82, 2.24) is 20.0 Å². The number of nitrogens with zero attached hydrogens (tertiary/aromatic N) is 3. The quantitative estimate of drug-likeness (QED) is 0.392. The van der Waals surface area contributed by atoms with E-state index in [0.29, 0.717) is 24.7 Å². The molecule has 1 saturated heterocycles. The van der Waals surface area contributed by atoms with Gasteiger partial charge in [-0.2, -0.15) is 18.3 Å². The van der Waals surface area contributed by atoms with Gasteiger partial charge >= 0.3 is 6.18 Å². The smallest absolute Gasteiger partial charge is 0.351 e. The molecular weight excluding hydrogens is 520 g/mol. The van der Waals surface area contributed by atoms with Crippen molar-refractivity contribution < 1.29 is 31.9 Å². The van der Waals surface area contributed by atoms with Crippen LogP contribution in [0.25, 0.3) is 5.69 Å². The Hall–Kier alpha value is -4.26. The van der Waals surface area contributed by atoms with E-state index in [9.17, 15) is 31.9 Å². The Morgan fingerprint density at radius 2 is 1.79 bits per heavy atom. The normalized spacial score (nSPS) is 14.3. The first-order chi connectivity index (χ1) is 18.4. The highest BCUT2D eigenvalue weighted by Crippen LogP contribution is 2.30. The van der Waals surface area contributed by atoms with Gasteiger partial charge in [0.2, 0.25) is 5.91 Å². The molecule has 1 aliphatic rings. The summed E-state index contributed by atoms with van der Waals surface area (Å²) in [5.41, 5.74) is 4.20. The Labute approximate surface area is 221 Å². The van der Waals surface area contributed by atoms with Crippen molar-refractivity contribution in [1.29, 1.82) is 0 Å². The molecule has 3 aromatic rings. The van der Waals surface area contributed by atoms with E-state index in [-0.39, 0.29) is 23.5 Å². The third-order valence-corrected chi connectivity index (χ3v) is 6.12. The summed E-state index contributed by atoms with van der Waals surface area (Å²) in [6.07, 6.45) is -3.17. The Bertz CT molecular complexity index is 1400. The van der Waals surface area contributed by atoms with Crippen molar-refractivity contribution in [3.8, 4) is 5.69 Å². The Morgan fingerprint density at radius 1 is 1.08 bits per heavy atom. The molecule has 2 aromatic carbocycles. The molecule has 1 atom stereocenters. The molecule has 206 valence electrons. The summed E-state index contributed by atoms with van der Waals surface area (Å²) in [4.78, 5) is 38.9. The van der Waals surface area contributed by atoms with Gasteiger partial charge in [-0.15, -0.1) is 0 Å². The second-order valence-electron chi connectivity index (χ2n) is 9.15. The van der Waals surface area contributed by atoms with Gasteiger partial charge in [0, 0.05) is 31.4 Å². The predicted octanol–water partition coefficient (Wildman–Crippen LogP) is 3.48. The number of benzene rings is 2. The molecular formula is C26H26F4N6O3. The van der Waals surface area contributed by atoms with Gasteiger partial charge < -0.3 is 21.3 Å². The minimum atomic E-state index is -4.84. The zero-order chi connectivity index (χ0) is 28.3. The van der Waals surface area contributed by atoms with Crippen molar-refractivity contribution in [3.05, 3.63) is 76.9 Å². The molecule has 13 heteroatoms. The van der Waals surface area contributed by atoms with E-state index in [4.69, 9.17) is 5.73 Å². The number of hydrogen-bond acceptors (Lipinski definition) is 5. The molecule has 39 heavy (non-hydrogen) atoms. The molecule has 0 bridgehead atoms. The van der Waals surface area contributed by atoms with Gasteiger partial charge in [0.25, 0.3) is 11.8 Å². The topological polar surface area (TPSA) is 122 Å². The average Bonchev–Trinajstić information content (AvgIpc) is 3.58. The summed E-state index contributed by atoms with van der Waals surface area (Å²) >= 11 is 0. The summed E-state index contributed by atoms with van der Waals surface area (Å²) in [5, 5.41) is 8.55. The fraction of sp³-hybridized carbons (Fsp3) is 0.308. The van der Waals surface area contributed by atoms with Crippen LogP contribution in [-0.2, 0) is 17.5 Å². The number of hydrogen-bond donors (Lipinski definition) is 3. The molecule has 0 spiro atoms. The molecule has 3 amide bonds. The first-order valence-electron chi connectivity index (χ1n) is 12.1. The molecule has 4 rings (SSSR count). The highest BCUT2D eigenvalue weighted by molar-refractivity contribution is 6.04. The van der Waals surface area contributed by atoms with Gasteiger partial charge in [-0.1, -0.05) is 12.1 Å². The van der Waals surface area contributed by atoms with Crippen molar-refractivity contribution in [2.75, 3.05) is 18.4 Å². The first-order valence-corrected chi connectivity index (χ1v) is 12.1. The lowest BCUT2D eigenvalue weighted by atomic mass is 10.1. The minimum Gasteiger partial charge on any atom is -0.351 e.